The summed E-state index contributed by atoms with van der Waals surface area (Å²) in [6.45, 7) is 9.78. The zero-order valence-corrected chi connectivity index (χ0v) is 21.4. The van der Waals surface area contributed by atoms with Crippen LogP contribution in [0.25, 0.3) is 5.69 Å². The monoisotopic (exact) mass is 490 g/mol. The first kappa shape index (κ1) is 25.8. The molecular weight excluding hydrogens is 456 g/mol. The van der Waals surface area contributed by atoms with Crippen LogP contribution in [0.1, 0.15) is 47.5 Å². The summed E-state index contributed by atoms with van der Waals surface area (Å²) < 4.78 is 36.2. The molecule has 0 N–H and O–H groups in total. The van der Waals surface area contributed by atoms with Gasteiger partial charge in [0.05, 0.1) is 17.1 Å². The van der Waals surface area contributed by atoms with E-state index in [1.807, 2.05) is 32.6 Å². The van der Waals surface area contributed by atoms with Gasteiger partial charge in [-0.2, -0.15) is 0 Å². The molecule has 0 radical (unpaired) electrons. The number of rotatable bonds is 7. The molecule has 4 atom stereocenters. The number of carbonyl (C=O) groups is 1. The van der Waals surface area contributed by atoms with Crippen LogP contribution >= 0.6 is 0 Å². The summed E-state index contributed by atoms with van der Waals surface area (Å²) in [6.07, 6.45) is 3.53. The minimum absolute atomic E-state index is 0.0000193. The number of benzene rings is 1. The zero-order chi connectivity index (χ0) is 25.2. The molecule has 0 unspecified atom stereocenters. The minimum Gasteiger partial charge on any atom is -0.490 e. The summed E-state index contributed by atoms with van der Waals surface area (Å²) in [5.74, 6) is 0.798. The number of amides is 1. The Morgan fingerprint density at radius 2 is 1.76 bits per heavy atom. The van der Waals surface area contributed by atoms with Crippen LogP contribution in [0.3, 0.4) is 0 Å². The third kappa shape index (κ3) is 6.00. The predicted octanol–water partition coefficient (Wildman–Crippen LogP) is 4.04. The first-order valence-corrected chi connectivity index (χ1v) is 13.4. The lowest BCUT2D eigenvalue weighted by Crippen LogP contribution is -2.43. The molecule has 0 aliphatic carbocycles. The van der Waals surface area contributed by atoms with E-state index in [9.17, 15) is 18.0 Å². The second kappa shape index (κ2) is 10.2. The number of hydrogen-bond acceptors (Lipinski definition) is 6. The van der Waals surface area contributed by atoms with Crippen LogP contribution in [0.15, 0.2) is 52.3 Å². The van der Waals surface area contributed by atoms with Crippen molar-refractivity contribution >= 4 is 15.9 Å². The van der Waals surface area contributed by atoms with E-state index in [1.165, 1.54) is 22.8 Å². The van der Waals surface area contributed by atoms with Gasteiger partial charge in [0, 0.05) is 42.7 Å². The molecule has 1 aromatic heterocycles. The second-order valence-electron chi connectivity index (χ2n) is 9.45. The van der Waals surface area contributed by atoms with E-state index in [-0.39, 0.29) is 40.8 Å². The maximum Gasteiger partial charge on any atom is 0.410 e. The molecule has 1 aliphatic rings. The first-order chi connectivity index (χ1) is 15.9. The highest BCUT2D eigenvalue weighted by molar-refractivity contribution is 7.90. The summed E-state index contributed by atoms with van der Waals surface area (Å²) in [4.78, 5) is 27.3. The van der Waals surface area contributed by atoms with Gasteiger partial charge in [0.15, 0.2) is 9.84 Å². The van der Waals surface area contributed by atoms with Crippen molar-refractivity contribution in [2.45, 2.75) is 76.6 Å². The van der Waals surface area contributed by atoms with Crippen molar-refractivity contribution in [2.75, 3.05) is 6.26 Å². The van der Waals surface area contributed by atoms with Crippen molar-refractivity contribution in [3.63, 3.8) is 0 Å². The molecule has 3 rings (SSSR count). The van der Waals surface area contributed by atoms with E-state index in [0.29, 0.717) is 23.8 Å². The fourth-order valence-electron chi connectivity index (χ4n) is 4.40. The highest BCUT2D eigenvalue weighted by Gasteiger charge is 2.41. The van der Waals surface area contributed by atoms with Crippen LogP contribution in [0.2, 0.25) is 0 Å². The Balaban J connectivity index is 1.69. The fourth-order valence-corrected chi connectivity index (χ4v) is 5.03. The lowest BCUT2D eigenvalue weighted by atomic mass is 10.0. The predicted molar refractivity (Wildman–Crippen MR) is 130 cm³/mol. The van der Waals surface area contributed by atoms with Gasteiger partial charge in [0.2, 0.25) is 0 Å². The average Bonchev–Trinajstić information content (AvgIpc) is 3.00. The molecule has 1 fully saturated rings. The first-order valence-electron chi connectivity index (χ1n) is 11.6. The quantitative estimate of drug-likeness (QED) is 0.581. The van der Waals surface area contributed by atoms with E-state index < -0.39 is 9.84 Å². The van der Waals surface area contributed by atoms with Gasteiger partial charge in [-0.15, -0.1) is 0 Å². The average molecular weight is 491 g/mol. The van der Waals surface area contributed by atoms with Gasteiger partial charge in [0.25, 0.3) is 5.56 Å². The molecule has 2 heterocycles. The number of carbonyl (C=O) groups excluding carboxylic acids is 1. The van der Waals surface area contributed by atoms with Crippen LogP contribution < -0.4 is 10.3 Å². The molecule has 8 nitrogen and oxygen atoms in total. The molecule has 0 spiro atoms. The number of pyridine rings is 1. The number of likely N-dealkylation sites (tertiary alicyclic amines) is 1. The topological polar surface area (TPSA) is 94.9 Å². The molecule has 1 aliphatic heterocycles. The zero-order valence-electron chi connectivity index (χ0n) is 20.6. The van der Waals surface area contributed by atoms with Crippen LogP contribution in [0.4, 0.5) is 4.79 Å². The third-order valence-electron chi connectivity index (χ3n) is 6.22. The van der Waals surface area contributed by atoms with E-state index in [1.54, 1.807) is 24.4 Å². The van der Waals surface area contributed by atoms with Crippen molar-refractivity contribution in [3.05, 3.63) is 52.9 Å². The maximum atomic E-state index is 12.7. The normalized spacial score (nSPS) is 21.5. The smallest absolute Gasteiger partial charge is 0.410 e. The molecule has 0 bridgehead atoms. The summed E-state index contributed by atoms with van der Waals surface area (Å²) >= 11 is 0. The SMILES string of the molecule is CC(C)OC(=O)N1[C@@H](C[C@@H](C)Oc2ccn(-c3ccc(S(C)(=O)=O)cc3)c(=O)c2)C[C@@H](C)[C@@H]1C. The van der Waals surface area contributed by atoms with Gasteiger partial charge in [-0.3, -0.25) is 9.36 Å². The summed E-state index contributed by atoms with van der Waals surface area (Å²) in [5.41, 5.74) is 0.271. The Hall–Kier alpha value is -2.81. The van der Waals surface area contributed by atoms with Gasteiger partial charge >= 0.3 is 6.09 Å². The van der Waals surface area contributed by atoms with E-state index in [0.717, 1.165) is 12.7 Å². The number of nitrogens with zero attached hydrogens (tertiary/aromatic N) is 2. The van der Waals surface area contributed by atoms with Crippen molar-refractivity contribution in [1.82, 2.24) is 9.47 Å². The highest BCUT2D eigenvalue weighted by atomic mass is 32.2. The highest BCUT2D eigenvalue weighted by Crippen LogP contribution is 2.33. The Morgan fingerprint density at radius 1 is 1.12 bits per heavy atom. The molecule has 1 amide bonds. The van der Waals surface area contributed by atoms with Crippen molar-refractivity contribution in [3.8, 4) is 11.4 Å². The Bertz CT molecular complexity index is 1170. The molecule has 186 valence electrons. The largest absolute Gasteiger partial charge is 0.490 e. The number of sulfone groups is 1. The Morgan fingerprint density at radius 3 is 2.32 bits per heavy atom. The van der Waals surface area contributed by atoms with Crippen molar-refractivity contribution < 1.29 is 22.7 Å². The van der Waals surface area contributed by atoms with Gasteiger partial charge in [-0.1, -0.05) is 6.92 Å². The number of ether oxygens (including phenoxy) is 2. The maximum absolute atomic E-state index is 12.7. The molecule has 1 saturated heterocycles. The molecule has 2 aromatic rings. The summed E-state index contributed by atoms with van der Waals surface area (Å²) in [7, 11) is -3.30. The summed E-state index contributed by atoms with van der Waals surface area (Å²) in [6, 6.07) is 9.33. The Labute approximate surface area is 201 Å². The van der Waals surface area contributed by atoms with Gasteiger partial charge in [-0.05, 0) is 70.4 Å². The van der Waals surface area contributed by atoms with E-state index in [2.05, 4.69) is 6.92 Å². The van der Waals surface area contributed by atoms with Gasteiger partial charge < -0.3 is 14.4 Å². The van der Waals surface area contributed by atoms with Crippen molar-refractivity contribution in [1.29, 1.82) is 0 Å². The van der Waals surface area contributed by atoms with Crippen LogP contribution in [0.5, 0.6) is 5.75 Å². The number of aromatic nitrogens is 1. The van der Waals surface area contributed by atoms with Gasteiger partial charge in [-0.25, -0.2) is 13.2 Å². The van der Waals surface area contributed by atoms with Crippen molar-refractivity contribution in [2.24, 2.45) is 5.92 Å². The Kier molecular flexibility index (Phi) is 7.75. The van der Waals surface area contributed by atoms with E-state index >= 15 is 0 Å². The lowest BCUT2D eigenvalue weighted by Gasteiger charge is -2.30. The van der Waals surface area contributed by atoms with Crippen LogP contribution in [-0.2, 0) is 14.6 Å². The summed E-state index contributed by atoms with van der Waals surface area (Å²) in [5, 5.41) is 0. The third-order valence-corrected chi connectivity index (χ3v) is 7.35. The standard InChI is InChI=1S/C25H34N2O6S/c1-16(2)32-25(29)27-19(5)17(3)13-21(27)14-18(4)33-22-11-12-26(24(28)15-22)20-7-9-23(10-8-20)34(6,30)31/h7-12,15-19,21H,13-14H2,1-6H3/t17-,18-,19+,21-/m1/s1. The molecule has 34 heavy (non-hydrogen) atoms. The molecular formula is C25H34N2O6S. The second-order valence-corrected chi connectivity index (χ2v) is 11.5. The van der Waals surface area contributed by atoms with Crippen LogP contribution in [-0.4, -0.2) is 54.5 Å². The van der Waals surface area contributed by atoms with E-state index in [4.69, 9.17) is 9.47 Å². The molecule has 1 aromatic carbocycles. The molecule has 0 saturated carbocycles. The molecule has 9 heteroatoms. The van der Waals surface area contributed by atoms with Gasteiger partial charge in [0.1, 0.15) is 5.75 Å². The van der Waals surface area contributed by atoms with Crippen LogP contribution in [0, 0.1) is 5.92 Å². The fraction of sp³-hybridized carbons (Fsp3) is 0.520. The number of hydrogen-bond donors (Lipinski definition) is 0. The lowest BCUT2D eigenvalue weighted by molar-refractivity contribution is 0.0545. The minimum atomic E-state index is -3.30.